The minimum Gasteiger partial charge on any atom is -0.480 e. The van der Waals surface area contributed by atoms with E-state index in [4.69, 9.17) is 10.8 Å². The number of rotatable bonds is 4. The van der Waals surface area contributed by atoms with Gasteiger partial charge in [-0.15, -0.1) is 0 Å². The lowest BCUT2D eigenvalue weighted by Gasteiger charge is -2.05. The minimum atomic E-state index is -1.23. The second kappa shape index (κ2) is 4.50. The van der Waals surface area contributed by atoms with Gasteiger partial charge in [-0.05, 0) is 6.92 Å². The second-order valence-corrected chi connectivity index (χ2v) is 2.32. The Hall–Kier alpha value is -1.36. The highest BCUT2D eigenvalue weighted by atomic mass is 16.5. The van der Waals surface area contributed by atoms with E-state index < -0.39 is 18.0 Å². The first-order valence-corrected chi connectivity index (χ1v) is 3.28. The van der Waals surface area contributed by atoms with Gasteiger partial charge >= 0.3 is 11.9 Å². The summed E-state index contributed by atoms with van der Waals surface area (Å²) in [6.07, 6.45) is -0.345. The molecule has 5 nitrogen and oxygen atoms in total. The number of ether oxygens (including phenoxy) is 1. The highest BCUT2D eigenvalue weighted by Crippen LogP contribution is 1.97. The Morgan fingerprint density at radius 3 is 2.50 bits per heavy atom. The number of carboxylic acid groups (broad SMARTS) is 1. The molecule has 0 saturated heterocycles. The first-order chi connectivity index (χ1) is 5.43. The number of hydrogen-bond donors (Lipinski definition) is 2. The summed E-state index contributed by atoms with van der Waals surface area (Å²) >= 11 is 0. The van der Waals surface area contributed by atoms with Gasteiger partial charge in [-0.3, -0.25) is 9.59 Å². The molecular weight excluding hydrogens is 162 g/mol. The zero-order valence-corrected chi connectivity index (χ0v) is 6.74. The first-order valence-electron chi connectivity index (χ1n) is 3.28. The molecule has 1 atom stereocenters. The fourth-order valence-corrected chi connectivity index (χ4v) is 0.503. The lowest BCUT2D eigenvalue weighted by Crippen LogP contribution is -2.32. The number of carboxylic acids is 1. The summed E-state index contributed by atoms with van der Waals surface area (Å²) in [6.45, 7) is 4.81. The van der Waals surface area contributed by atoms with Gasteiger partial charge in [-0.2, -0.15) is 0 Å². The maximum Gasteiger partial charge on any atom is 0.321 e. The summed E-state index contributed by atoms with van der Waals surface area (Å²) in [7, 11) is 0. The van der Waals surface area contributed by atoms with Crippen LogP contribution in [-0.4, -0.2) is 23.1 Å². The average molecular weight is 173 g/mol. The van der Waals surface area contributed by atoms with Gasteiger partial charge in [-0.25, -0.2) is 0 Å². The van der Waals surface area contributed by atoms with Crippen LogP contribution in [0.25, 0.3) is 0 Å². The molecule has 0 aromatic carbocycles. The van der Waals surface area contributed by atoms with Crippen LogP contribution in [0.15, 0.2) is 12.3 Å². The van der Waals surface area contributed by atoms with Crippen LogP contribution in [0.3, 0.4) is 0 Å². The Kier molecular flexibility index (Phi) is 3.99. The predicted octanol–water partition coefficient (Wildman–Crippen LogP) is -0.135. The van der Waals surface area contributed by atoms with Crippen molar-refractivity contribution in [2.24, 2.45) is 5.73 Å². The van der Waals surface area contributed by atoms with Crippen LogP contribution in [0.2, 0.25) is 0 Å². The van der Waals surface area contributed by atoms with Crippen molar-refractivity contribution in [1.29, 1.82) is 0 Å². The summed E-state index contributed by atoms with van der Waals surface area (Å²) in [6, 6.07) is -1.21. The Balaban J connectivity index is 3.85. The fourth-order valence-electron chi connectivity index (χ4n) is 0.503. The molecule has 1 unspecified atom stereocenters. The molecule has 0 fully saturated rings. The van der Waals surface area contributed by atoms with E-state index in [-0.39, 0.29) is 12.2 Å². The predicted molar refractivity (Wildman–Crippen MR) is 41.1 cm³/mol. The smallest absolute Gasteiger partial charge is 0.321 e. The molecule has 0 spiro atoms. The SMILES string of the molecule is C=C(C)OC(=O)CC(N)C(=O)O. The van der Waals surface area contributed by atoms with Crippen molar-refractivity contribution >= 4 is 11.9 Å². The first kappa shape index (κ1) is 10.6. The monoisotopic (exact) mass is 173 g/mol. The maximum atomic E-state index is 10.7. The van der Waals surface area contributed by atoms with Crippen LogP contribution in [0.1, 0.15) is 13.3 Å². The van der Waals surface area contributed by atoms with Crippen LogP contribution in [-0.2, 0) is 14.3 Å². The van der Waals surface area contributed by atoms with Gasteiger partial charge in [0.15, 0.2) is 0 Å². The third-order valence-electron chi connectivity index (χ3n) is 0.992. The van der Waals surface area contributed by atoms with Crippen LogP contribution in [0, 0.1) is 0 Å². The van der Waals surface area contributed by atoms with Crippen molar-refractivity contribution in [3.63, 3.8) is 0 Å². The summed E-state index contributed by atoms with van der Waals surface area (Å²) < 4.78 is 4.49. The number of carbonyl (C=O) groups is 2. The van der Waals surface area contributed by atoms with E-state index in [0.29, 0.717) is 0 Å². The van der Waals surface area contributed by atoms with Gasteiger partial charge in [-0.1, -0.05) is 6.58 Å². The van der Waals surface area contributed by atoms with Crippen molar-refractivity contribution in [2.45, 2.75) is 19.4 Å². The molecule has 0 aromatic heterocycles. The number of carbonyl (C=O) groups excluding carboxylic acids is 1. The van der Waals surface area contributed by atoms with Crippen LogP contribution >= 0.6 is 0 Å². The van der Waals surface area contributed by atoms with E-state index in [1.54, 1.807) is 0 Å². The van der Waals surface area contributed by atoms with Gasteiger partial charge < -0.3 is 15.6 Å². The van der Waals surface area contributed by atoms with Gasteiger partial charge in [0.1, 0.15) is 6.04 Å². The highest BCUT2D eigenvalue weighted by Gasteiger charge is 2.17. The molecule has 0 bridgehead atoms. The van der Waals surface area contributed by atoms with E-state index in [9.17, 15) is 9.59 Å². The Morgan fingerprint density at radius 1 is 1.67 bits per heavy atom. The van der Waals surface area contributed by atoms with Crippen LogP contribution < -0.4 is 5.73 Å². The summed E-state index contributed by atoms with van der Waals surface area (Å²) in [4.78, 5) is 20.9. The van der Waals surface area contributed by atoms with E-state index in [0.717, 1.165) is 0 Å². The topological polar surface area (TPSA) is 89.6 Å². The Bertz CT molecular complexity index is 211. The van der Waals surface area contributed by atoms with E-state index in [1.165, 1.54) is 6.92 Å². The fraction of sp³-hybridized carbons (Fsp3) is 0.429. The Morgan fingerprint density at radius 2 is 2.17 bits per heavy atom. The zero-order valence-electron chi connectivity index (χ0n) is 6.74. The number of aliphatic carboxylic acids is 1. The van der Waals surface area contributed by atoms with Crippen molar-refractivity contribution in [3.05, 3.63) is 12.3 Å². The summed E-state index contributed by atoms with van der Waals surface area (Å²) in [5.41, 5.74) is 5.06. The molecule has 0 rings (SSSR count). The molecule has 3 N–H and O–H groups in total. The molecular formula is C7H11NO4. The van der Waals surface area contributed by atoms with E-state index in [2.05, 4.69) is 11.3 Å². The summed E-state index contributed by atoms with van der Waals surface area (Å²) in [5.74, 6) is -1.69. The van der Waals surface area contributed by atoms with E-state index in [1.807, 2.05) is 0 Å². The largest absolute Gasteiger partial charge is 0.480 e. The van der Waals surface area contributed by atoms with Gasteiger partial charge in [0, 0.05) is 0 Å². The molecule has 0 saturated carbocycles. The maximum absolute atomic E-state index is 10.7. The molecule has 0 amide bonds. The molecule has 0 heterocycles. The normalized spacial score (nSPS) is 11.8. The van der Waals surface area contributed by atoms with Gasteiger partial charge in [0.05, 0.1) is 12.2 Å². The number of esters is 1. The van der Waals surface area contributed by atoms with Crippen molar-refractivity contribution in [3.8, 4) is 0 Å². The number of allylic oxidation sites excluding steroid dienone is 1. The average Bonchev–Trinajstić information content (AvgIpc) is 1.84. The number of nitrogens with two attached hydrogens (primary N) is 1. The third-order valence-corrected chi connectivity index (χ3v) is 0.992. The van der Waals surface area contributed by atoms with Gasteiger partial charge in [0.25, 0.3) is 0 Å². The molecule has 0 aliphatic carbocycles. The van der Waals surface area contributed by atoms with Gasteiger partial charge in [0.2, 0.25) is 0 Å². The molecule has 12 heavy (non-hydrogen) atoms. The van der Waals surface area contributed by atoms with Crippen molar-refractivity contribution in [2.75, 3.05) is 0 Å². The molecule has 68 valence electrons. The molecule has 0 aliphatic rings. The Labute approximate surface area is 69.8 Å². The number of hydrogen-bond acceptors (Lipinski definition) is 4. The van der Waals surface area contributed by atoms with E-state index >= 15 is 0 Å². The minimum absolute atomic E-state index is 0.220. The van der Waals surface area contributed by atoms with Crippen LogP contribution in [0.5, 0.6) is 0 Å². The molecule has 0 aromatic rings. The lowest BCUT2D eigenvalue weighted by molar-refractivity contribution is -0.146. The zero-order chi connectivity index (χ0) is 9.72. The molecule has 5 heteroatoms. The lowest BCUT2D eigenvalue weighted by atomic mass is 10.2. The van der Waals surface area contributed by atoms with Crippen LogP contribution in [0.4, 0.5) is 0 Å². The quantitative estimate of drug-likeness (QED) is 0.456. The molecule has 0 aliphatic heterocycles. The standard InChI is InChI=1S/C7H11NO4/c1-4(2)12-6(9)3-5(8)7(10)11/h5H,1,3,8H2,2H3,(H,10,11). The van der Waals surface area contributed by atoms with Crippen molar-refractivity contribution in [1.82, 2.24) is 0 Å². The molecule has 0 radical (unpaired) electrons. The summed E-state index contributed by atoms with van der Waals surface area (Å²) in [5, 5.41) is 8.31. The highest BCUT2D eigenvalue weighted by molar-refractivity contribution is 5.81. The third kappa shape index (κ3) is 4.45. The second-order valence-electron chi connectivity index (χ2n) is 2.32. The van der Waals surface area contributed by atoms with Crippen molar-refractivity contribution < 1.29 is 19.4 Å².